The van der Waals surface area contributed by atoms with Gasteiger partial charge in [-0.2, -0.15) is 0 Å². The number of halogens is 2. The quantitative estimate of drug-likeness (QED) is 0.832. The van der Waals surface area contributed by atoms with Crippen LogP contribution in [-0.2, 0) is 11.2 Å². The molecule has 88 valence electrons. The molecular formula is C12H15F2NO. The number of nitrogens with one attached hydrogen (secondary N) is 1. The molecule has 0 amide bonds. The number of carbonyl (C=O) groups is 1. The van der Waals surface area contributed by atoms with Gasteiger partial charge in [0, 0.05) is 18.9 Å². The molecule has 0 bridgehead atoms. The van der Waals surface area contributed by atoms with Crippen molar-refractivity contribution in [3.05, 3.63) is 35.4 Å². The zero-order chi connectivity index (χ0) is 12.1. The van der Waals surface area contributed by atoms with Gasteiger partial charge in [0.2, 0.25) is 0 Å². The molecule has 0 saturated carbocycles. The van der Waals surface area contributed by atoms with Gasteiger partial charge in [-0.05, 0) is 24.7 Å². The van der Waals surface area contributed by atoms with Crippen LogP contribution in [0.25, 0.3) is 0 Å². The van der Waals surface area contributed by atoms with E-state index in [1.807, 2.05) is 0 Å². The van der Waals surface area contributed by atoms with Crippen molar-refractivity contribution in [3.63, 3.8) is 0 Å². The van der Waals surface area contributed by atoms with Gasteiger partial charge in [-0.25, -0.2) is 8.78 Å². The fourth-order valence-electron chi connectivity index (χ4n) is 1.45. The van der Waals surface area contributed by atoms with Gasteiger partial charge in [-0.1, -0.05) is 13.0 Å². The summed E-state index contributed by atoms with van der Waals surface area (Å²) in [5, 5.41) is 2.90. The van der Waals surface area contributed by atoms with E-state index in [9.17, 15) is 13.6 Å². The summed E-state index contributed by atoms with van der Waals surface area (Å²) in [7, 11) is 1.77. The molecule has 0 aliphatic heterocycles. The van der Waals surface area contributed by atoms with Gasteiger partial charge < -0.3 is 5.32 Å². The third-order valence-electron chi connectivity index (χ3n) is 2.42. The first-order chi connectivity index (χ1) is 7.54. The van der Waals surface area contributed by atoms with Crippen LogP contribution in [0, 0.1) is 17.6 Å². The monoisotopic (exact) mass is 227 g/mol. The molecule has 0 radical (unpaired) electrons. The molecule has 0 spiro atoms. The van der Waals surface area contributed by atoms with E-state index in [0.29, 0.717) is 12.1 Å². The highest BCUT2D eigenvalue weighted by Crippen LogP contribution is 2.11. The Morgan fingerprint density at radius 2 is 2.06 bits per heavy atom. The minimum Gasteiger partial charge on any atom is -0.319 e. The third-order valence-corrected chi connectivity index (χ3v) is 2.42. The first-order valence-corrected chi connectivity index (χ1v) is 5.16. The zero-order valence-corrected chi connectivity index (χ0v) is 9.39. The van der Waals surface area contributed by atoms with Crippen molar-refractivity contribution < 1.29 is 13.6 Å². The van der Waals surface area contributed by atoms with Crippen LogP contribution in [0.4, 0.5) is 8.78 Å². The van der Waals surface area contributed by atoms with E-state index < -0.39 is 11.6 Å². The van der Waals surface area contributed by atoms with Crippen molar-refractivity contribution in [2.45, 2.75) is 13.3 Å². The highest BCUT2D eigenvalue weighted by atomic mass is 19.2. The molecule has 1 aromatic carbocycles. The van der Waals surface area contributed by atoms with Gasteiger partial charge in [-0.3, -0.25) is 4.79 Å². The number of Topliss-reactive ketones (excluding diaryl/α,β-unsaturated/α-hetero) is 1. The van der Waals surface area contributed by atoms with Crippen molar-refractivity contribution in [3.8, 4) is 0 Å². The van der Waals surface area contributed by atoms with Gasteiger partial charge in [-0.15, -0.1) is 0 Å². The number of benzene rings is 1. The minimum absolute atomic E-state index is 0.0142. The topological polar surface area (TPSA) is 29.1 Å². The molecule has 0 aliphatic rings. The van der Waals surface area contributed by atoms with Crippen molar-refractivity contribution in [2.75, 3.05) is 13.6 Å². The second-order valence-electron chi connectivity index (χ2n) is 3.85. The van der Waals surface area contributed by atoms with Crippen molar-refractivity contribution >= 4 is 5.78 Å². The molecule has 16 heavy (non-hydrogen) atoms. The Kier molecular flexibility index (Phi) is 4.55. The van der Waals surface area contributed by atoms with E-state index in [-0.39, 0.29) is 18.1 Å². The molecule has 2 nitrogen and oxygen atoms in total. The Morgan fingerprint density at radius 1 is 1.38 bits per heavy atom. The Bertz CT molecular complexity index is 379. The van der Waals surface area contributed by atoms with Crippen LogP contribution in [0.1, 0.15) is 12.5 Å². The maximum Gasteiger partial charge on any atom is 0.159 e. The summed E-state index contributed by atoms with van der Waals surface area (Å²) in [5.41, 5.74) is 0.506. The first-order valence-electron chi connectivity index (χ1n) is 5.16. The molecule has 4 heteroatoms. The van der Waals surface area contributed by atoms with Crippen LogP contribution in [-0.4, -0.2) is 19.4 Å². The Morgan fingerprint density at radius 3 is 2.62 bits per heavy atom. The predicted octanol–water partition coefficient (Wildman–Crippen LogP) is 1.93. The minimum atomic E-state index is -0.911. The van der Waals surface area contributed by atoms with E-state index in [0.717, 1.165) is 12.1 Å². The normalized spacial score (nSPS) is 12.5. The standard InChI is InChI=1S/C12H15F2NO/c1-8(7-15-2)12(16)6-9-3-4-10(13)11(14)5-9/h3-5,8,15H,6-7H2,1-2H3. The molecule has 1 aromatic rings. The van der Waals surface area contributed by atoms with Crippen LogP contribution in [0.3, 0.4) is 0 Å². The van der Waals surface area contributed by atoms with Gasteiger partial charge >= 0.3 is 0 Å². The number of hydrogen-bond donors (Lipinski definition) is 1. The number of carbonyl (C=O) groups excluding carboxylic acids is 1. The fourth-order valence-corrected chi connectivity index (χ4v) is 1.45. The van der Waals surface area contributed by atoms with Crippen LogP contribution in [0.2, 0.25) is 0 Å². The maximum absolute atomic E-state index is 12.9. The lowest BCUT2D eigenvalue weighted by Crippen LogP contribution is -2.24. The summed E-state index contributed by atoms with van der Waals surface area (Å²) < 4.78 is 25.5. The second kappa shape index (κ2) is 5.70. The Labute approximate surface area is 93.7 Å². The van der Waals surface area contributed by atoms with Gasteiger partial charge in [0.05, 0.1) is 0 Å². The van der Waals surface area contributed by atoms with Crippen LogP contribution in [0.15, 0.2) is 18.2 Å². The lowest BCUT2D eigenvalue weighted by atomic mass is 9.99. The smallest absolute Gasteiger partial charge is 0.159 e. The van der Waals surface area contributed by atoms with Crippen LogP contribution >= 0.6 is 0 Å². The Hall–Kier alpha value is -1.29. The summed E-state index contributed by atoms with van der Waals surface area (Å²) >= 11 is 0. The molecule has 0 aromatic heterocycles. The molecule has 0 fully saturated rings. The van der Waals surface area contributed by atoms with E-state index >= 15 is 0 Å². The van der Waals surface area contributed by atoms with E-state index in [4.69, 9.17) is 0 Å². The molecule has 0 aliphatic carbocycles. The lowest BCUT2D eigenvalue weighted by Gasteiger charge is -2.09. The largest absolute Gasteiger partial charge is 0.319 e. The summed E-state index contributed by atoms with van der Waals surface area (Å²) in [5.74, 6) is -1.91. The summed E-state index contributed by atoms with van der Waals surface area (Å²) in [4.78, 5) is 11.6. The van der Waals surface area contributed by atoms with Crippen LogP contribution < -0.4 is 5.32 Å². The van der Waals surface area contributed by atoms with Crippen molar-refractivity contribution in [2.24, 2.45) is 5.92 Å². The number of ketones is 1. The molecule has 1 N–H and O–H groups in total. The average molecular weight is 227 g/mol. The number of hydrogen-bond acceptors (Lipinski definition) is 2. The molecule has 0 heterocycles. The van der Waals surface area contributed by atoms with E-state index in [1.165, 1.54) is 6.07 Å². The molecular weight excluding hydrogens is 212 g/mol. The number of rotatable bonds is 5. The van der Waals surface area contributed by atoms with E-state index in [2.05, 4.69) is 5.32 Å². The fraction of sp³-hybridized carbons (Fsp3) is 0.417. The Balaban J connectivity index is 2.66. The molecule has 0 saturated heterocycles. The maximum atomic E-state index is 12.9. The van der Waals surface area contributed by atoms with Gasteiger partial charge in [0.25, 0.3) is 0 Å². The zero-order valence-electron chi connectivity index (χ0n) is 9.39. The third kappa shape index (κ3) is 3.38. The lowest BCUT2D eigenvalue weighted by molar-refractivity contribution is -0.121. The van der Waals surface area contributed by atoms with Crippen LogP contribution in [0.5, 0.6) is 0 Å². The van der Waals surface area contributed by atoms with Crippen molar-refractivity contribution in [1.29, 1.82) is 0 Å². The highest BCUT2D eigenvalue weighted by Gasteiger charge is 2.13. The SMILES string of the molecule is CNCC(C)C(=O)Cc1ccc(F)c(F)c1. The molecule has 1 rings (SSSR count). The second-order valence-corrected chi connectivity index (χ2v) is 3.85. The van der Waals surface area contributed by atoms with E-state index in [1.54, 1.807) is 14.0 Å². The predicted molar refractivity (Wildman–Crippen MR) is 58.2 cm³/mol. The molecule has 1 atom stereocenters. The van der Waals surface area contributed by atoms with Gasteiger partial charge in [0.1, 0.15) is 5.78 Å². The first kappa shape index (κ1) is 12.8. The summed E-state index contributed by atoms with van der Waals surface area (Å²) in [6, 6.07) is 3.54. The molecule has 1 unspecified atom stereocenters. The summed E-state index contributed by atoms with van der Waals surface area (Å²) in [6.07, 6.45) is 0.139. The average Bonchev–Trinajstić information content (AvgIpc) is 2.24. The van der Waals surface area contributed by atoms with Crippen molar-refractivity contribution in [1.82, 2.24) is 5.32 Å². The van der Waals surface area contributed by atoms with Gasteiger partial charge in [0.15, 0.2) is 11.6 Å². The highest BCUT2D eigenvalue weighted by molar-refractivity contribution is 5.83. The summed E-state index contributed by atoms with van der Waals surface area (Å²) in [6.45, 7) is 2.39.